The van der Waals surface area contributed by atoms with Gasteiger partial charge in [0.2, 0.25) is 0 Å². The van der Waals surface area contributed by atoms with Gasteiger partial charge in [-0.25, -0.2) is 9.97 Å². The summed E-state index contributed by atoms with van der Waals surface area (Å²) in [5, 5.41) is 0. The molecule has 0 atom stereocenters. The molecule has 1 aromatic carbocycles. The van der Waals surface area contributed by atoms with Crippen molar-refractivity contribution in [1.82, 2.24) is 19.9 Å². The molecular formula is C24H25N5O2. The van der Waals surface area contributed by atoms with Crippen molar-refractivity contribution in [3.63, 3.8) is 0 Å². The molecule has 3 aromatic rings. The molecule has 5 rings (SSSR count). The molecule has 0 bridgehead atoms. The molecule has 31 heavy (non-hydrogen) atoms. The Hall–Kier alpha value is -3.48. The molecule has 0 unspecified atom stereocenters. The predicted molar refractivity (Wildman–Crippen MR) is 118 cm³/mol. The van der Waals surface area contributed by atoms with E-state index in [4.69, 9.17) is 4.98 Å². The molecule has 0 spiro atoms. The second kappa shape index (κ2) is 7.98. The summed E-state index contributed by atoms with van der Waals surface area (Å²) in [6, 6.07) is 11.8. The van der Waals surface area contributed by atoms with Gasteiger partial charge in [0.1, 0.15) is 11.5 Å². The molecule has 7 heteroatoms. The average Bonchev–Trinajstić information content (AvgIpc) is 3.17. The van der Waals surface area contributed by atoms with Crippen LogP contribution in [-0.2, 0) is 6.42 Å². The first-order chi connectivity index (χ1) is 15.1. The minimum absolute atomic E-state index is 0.0213. The number of ketones is 1. The molecule has 1 saturated heterocycles. The Morgan fingerprint density at radius 1 is 1.03 bits per heavy atom. The van der Waals surface area contributed by atoms with Gasteiger partial charge >= 0.3 is 0 Å². The number of benzene rings is 1. The van der Waals surface area contributed by atoms with E-state index < -0.39 is 0 Å². The number of anilines is 1. The minimum atomic E-state index is -0.0213. The van der Waals surface area contributed by atoms with Gasteiger partial charge < -0.3 is 14.8 Å². The number of aromatic nitrogens is 3. The highest BCUT2D eigenvalue weighted by Gasteiger charge is 2.30. The molecule has 0 saturated carbocycles. The van der Waals surface area contributed by atoms with Gasteiger partial charge in [-0.2, -0.15) is 0 Å². The molecule has 2 aromatic heterocycles. The summed E-state index contributed by atoms with van der Waals surface area (Å²) in [6.45, 7) is 4.51. The maximum absolute atomic E-state index is 13.2. The number of amides is 1. The number of nitrogens with zero attached hydrogens (tertiary/aromatic N) is 4. The number of rotatable bonds is 3. The molecule has 0 radical (unpaired) electrons. The standard InChI is InChI=1S/C24H25N5O2/c1-16-21-18(8-5-9-19(21)30)26-22(16)24(31)29-14-12-28(13-15-29)20-10-11-25-23(27-20)17-6-3-2-4-7-17/h2-4,6-7,10-11,26H,5,8-9,12-15H2,1H3. The van der Waals surface area contributed by atoms with Crippen LogP contribution in [0, 0.1) is 6.92 Å². The van der Waals surface area contributed by atoms with Gasteiger partial charge in [0.05, 0.1) is 0 Å². The normalized spacial score (nSPS) is 16.4. The fourth-order valence-corrected chi connectivity index (χ4v) is 4.54. The van der Waals surface area contributed by atoms with Crippen molar-refractivity contribution in [3.05, 3.63) is 65.1 Å². The summed E-state index contributed by atoms with van der Waals surface area (Å²) in [5.74, 6) is 1.70. The summed E-state index contributed by atoms with van der Waals surface area (Å²) in [5.41, 5.74) is 4.02. The number of carbonyl (C=O) groups is 2. The van der Waals surface area contributed by atoms with Crippen molar-refractivity contribution in [2.75, 3.05) is 31.1 Å². The molecule has 158 valence electrons. The monoisotopic (exact) mass is 415 g/mol. The van der Waals surface area contributed by atoms with E-state index >= 15 is 0 Å². The number of hydrogen-bond donors (Lipinski definition) is 1. The van der Waals surface area contributed by atoms with Crippen LogP contribution >= 0.6 is 0 Å². The lowest BCUT2D eigenvalue weighted by Crippen LogP contribution is -2.49. The van der Waals surface area contributed by atoms with Gasteiger partial charge in [-0.15, -0.1) is 0 Å². The first kappa shape index (κ1) is 19.5. The zero-order valence-electron chi connectivity index (χ0n) is 17.6. The predicted octanol–water partition coefficient (Wildman–Crippen LogP) is 3.26. The van der Waals surface area contributed by atoms with E-state index in [1.165, 1.54) is 0 Å². The number of fused-ring (bicyclic) bond motifs is 1. The lowest BCUT2D eigenvalue weighted by atomic mass is 9.93. The average molecular weight is 415 g/mol. The Bertz CT molecular complexity index is 1130. The largest absolute Gasteiger partial charge is 0.354 e. The molecule has 1 amide bonds. The van der Waals surface area contributed by atoms with Crippen LogP contribution in [0.2, 0.25) is 0 Å². The van der Waals surface area contributed by atoms with Gasteiger partial charge in [0.25, 0.3) is 5.91 Å². The van der Waals surface area contributed by atoms with E-state index in [1.54, 1.807) is 6.20 Å². The molecule has 1 aliphatic heterocycles. The number of carbonyl (C=O) groups excluding carboxylic acids is 2. The van der Waals surface area contributed by atoms with Gasteiger partial charge in [-0.1, -0.05) is 30.3 Å². The molecule has 7 nitrogen and oxygen atoms in total. The summed E-state index contributed by atoms with van der Waals surface area (Å²) < 4.78 is 0. The highest BCUT2D eigenvalue weighted by atomic mass is 16.2. The van der Waals surface area contributed by atoms with Crippen molar-refractivity contribution in [1.29, 1.82) is 0 Å². The number of aromatic amines is 1. The maximum atomic E-state index is 13.2. The molecule has 3 heterocycles. The molecule has 2 aliphatic rings. The molecular weight excluding hydrogens is 390 g/mol. The highest BCUT2D eigenvalue weighted by molar-refractivity contribution is 6.04. The fourth-order valence-electron chi connectivity index (χ4n) is 4.54. The van der Waals surface area contributed by atoms with Gasteiger partial charge in [-0.05, 0) is 31.4 Å². The lowest BCUT2D eigenvalue weighted by molar-refractivity contribution is 0.0740. The third-order valence-electron chi connectivity index (χ3n) is 6.21. The first-order valence-electron chi connectivity index (χ1n) is 10.8. The number of H-pyrrole nitrogens is 1. The number of Topliss-reactive ketones (excluding diaryl/α,β-unsaturated/α-hetero) is 1. The van der Waals surface area contributed by atoms with Crippen LogP contribution in [0.4, 0.5) is 5.82 Å². The van der Waals surface area contributed by atoms with Crippen LogP contribution in [0.25, 0.3) is 11.4 Å². The maximum Gasteiger partial charge on any atom is 0.270 e. The third-order valence-corrected chi connectivity index (χ3v) is 6.21. The number of nitrogens with one attached hydrogen (secondary N) is 1. The smallest absolute Gasteiger partial charge is 0.270 e. The Morgan fingerprint density at radius 3 is 2.55 bits per heavy atom. The summed E-state index contributed by atoms with van der Waals surface area (Å²) in [4.78, 5) is 41.9. The van der Waals surface area contributed by atoms with Crippen LogP contribution in [0.5, 0.6) is 0 Å². The van der Waals surface area contributed by atoms with Crippen molar-refractivity contribution in [3.8, 4) is 11.4 Å². The summed E-state index contributed by atoms with van der Waals surface area (Å²) in [7, 11) is 0. The van der Waals surface area contributed by atoms with E-state index in [-0.39, 0.29) is 11.7 Å². The Morgan fingerprint density at radius 2 is 1.81 bits per heavy atom. The number of hydrogen-bond acceptors (Lipinski definition) is 5. The lowest BCUT2D eigenvalue weighted by Gasteiger charge is -2.35. The summed E-state index contributed by atoms with van der Waals surface area (Å²) >= 11 is 0. The van der Waals surface area contributed by atoms with E-state index in [0.29, 0.717) is 44.1 Å². The SMILES string of the molecule is Cc1c(C(=O)N2CCN(c3ccnc(-c4ccccc4)n3)CC2)[nH]c2c1C(=O)CCC2. The second-order valence-electron chi connectivity index (χ2n) is 8.14. The fraction of sp³-hybridized carbons (Fsp3) is 0.333. The Balaban J connectivity index is 1.29. The second-order valence-corrected chi connectivity index (χ2v) is 8.14. The Labute approximate surface area is 181 Å². The zero-order chi connectivity index (χ0) is 21.4. The van der Waals surface area contributed by atoms with Crippen LogP contribution < -0.4 is 4.90 Å². The van der Waals surface area contributed by atoms with Gasteiger partial charge in [0, 0.05) is 55.6 Å². The van der Waals surface area contributed by atoms with Crippen LogP contribution in [-0.4, -0.2) is 57.7 Å². The molecule has 1 aliphatic carbocycles. The van der Waals surface area contributed by atoms with Gasteiger partial charge in [-0.3, -0.25) is 9.59 Å². The van der Waals surface area contributed by atoms with Crippen molar-refractivity contribution in [2.45, 2.75) is 26.2 Å². The first-order valence-corrected chi connectivity index (χ1v) is 10.8. The minimum Gasteiger partial charge on any atom is -0.354 e. The quantitative estimate of drug-likeness (QED) is 0.710. The van der Waals surface area contributed by atoms with Crippen molar-refractivity contribution in [2.24, 2.45) is 0 Å². The van der Waals surface area contributed by atoms with Crippen LogP contribution in [0.1, 0.15) is 44.9 Å². The topological polar surface area (TPSA) is 82.2 Å². The van der Waals surface area contributed by atoms with Crippen molar-refractivity contribution < 1.29 is 9.59 Å². The third kappa shape index (κ3) is 3.60. The van der Waals surface area contributed by atoms with Gasteiger partial charge in [0.15, 0.2) is 11.6 Å². The molecule has 1 fully saturated rings. The van der Waals surface area contributed by atoms with E-state index in [2.05, 4.69) is 14.9 Å². The number of piperazine rings is 1. The zero-order valence-corrected chi connectivity index (χ0v) is 17.6. The van der Waals surface area contributed by atoms with E-state index in [9.17, 15) is 9.59 Å². The molecule has 1 N–H and O–H groups in total. The Kier molecular flexibility index (Phi) is 5.02. The van der Waals surface area contributed by atoms with Crippen LogP contribution in [0.3, 0.4) is 0 Å². The highest BCUT2D eigenvalue weighted by Crippen LogP contribution is 2.27. The van der Waals surface area contributed by atoms with Crippen molar-refractivity contribution >= 4 is 17.5 Å². The summed E-state index contributed by atoms with van der Waals surface area (Å²) in [6.07, 6.45) is 4.04. The van der Waals surface area contributed by atoms with E-state index in [0.717, 1.165) is 41.0 Å². The van der Waals surface area contributed by atoms with E-state index in [1.807, 2.05) is 48.2 Å². The number of aryl methyl sites for hydroxylation is 1. The van der Waals surface area contributed by atoms with Crippen LogP contribution in [0.15, 0.2) is 42.6 Å².